The van der Waals surface area contributed by atoms with E-state index in [1.165, 1.54) is 0 Å². The zero-order valence-corrected chi connectivity index (χ0v) is 10.5. The number of hydrogen-bond acceptors (Lipinski definition) is 3. The van der Waals surface area contributed by atoms with E-state index in [9.17, 15) is 10.2 Å². The number of nitrogens with zero attached hydrogens (tertiary/aromatic N) is 1. The zero-order chi connectivity index (χ0) is 12.3. The minimum atomic E-state index is -0.0658. The third kappa shape index (κ3) is 2.57. The van der Waals surface area contributed by atoms with E-state index < -0.39 is 0 Å². The summed E-state index contributed by atoms with van der Waals surface area (Å²) in [5.74, 6) is 0. The van der Waals surface area contributed by atoms with Crippen LogP contribution in [0.5, 0.6) is 0 Å². The number of rotatable bonds is 3. The highest BCUT2D eigenvalue weighted by atomic mass is 35.5. The van der Waals surface area contributed by atoms with Gasteiger partial charge in [-0.25, -0.2) is 0 Å². The Balaban J connectivity index is 2.34. The zero-order valence-electron chi connectivity index (χ0n) is 9.77. The Morgan fingerprint density at radius 3 is 2.82 bits per heavy atom. The van der Waals surface area contributed by atoms with Crippen LogP contribution in [0.3, 0.4) is 0 Å². The number of benzene rings is 1. The van der Waals surface area contributed by atoms with Gasteiger partial charge in [0.2, 0.25) is 0 Å². The molecule has 3 nitrogen and oxygen atoms in total. The number of anilines is 1. The quantitative estimate of drug-likeness (QED) is 0.870. The molecule has 94 valence electrons. The van der Waals surface area contributed by atoms with E-state index in [0.29, 0.717) is 5.02 Å². The Kier molecular flexibility index (Phi) is 4.26. The Bertz CT molecular complexity index is 384. The van der Waals surface area contributed by atoms with Crippen molar-refractivity contribution in [2.75, 3.05) is 18.1 Å². The summed E-state index contributed by atoms with van der Waals surface area (Å²) in [7, 11) is 0. The molecule has 2 rings (SSSR count). The minimum absolute atomic E-state index is 0.0658. The molecular formula is C13H18ClNO2. The van der Waals surface area contributed by atoms with Gasteiger partial charge in [0, 0.05) is 22.8 Å². The van der Waals surface area contributed by atoms with Crippen LogP contribution in [0.25, 0.3) is 0 Å². The van der Waals surface area contributed by atoms with E-state index in [0.717, 1.165) is 37.1 Å². The molecule has 1 aliphatic rings. The maximum Gasteiger partial charge on any atom is 0.0716 e. The van der Waals surface area contributed by atoms with E-state index in [1.54, 1.807) is 6.07 Å². The number of aliphatic hydroxyl groups excluding tert-OH is 2. The highest BCUT2D eigenvalue weighted by Gasteiger charge is 2.24. The predicted molar refractivity (Wildman–Crippen MR) is 69.4 cm³/mol. The Hall–Kier alpha value is -0.770. The van der Waals surface area contributed by atoms with E-state index in [-0.39, 0.29) is 19.3 Å². The highest BCUT2D eigenvalue weighted by Crippen LogP contribution is 2.31. The van der Waals surface area contributed by atoms with E-state index >= 15 is 0 Å². The fourth-order valence-corrected chi connectivity index (χ4v) is 2.71. The second-order valence-corrected chi connectivity index (χ2v) is 4.83. The van der Waals surface area contributed by atoms with Gasteiger partial charge in [-0.1, -0.05) is 17.7 Å². The molecule has 1 atom stereocenters. The Labute approximate surface area is 107 Å². The second kappa shape index (κ2) is 5.71. The van der Waals surface area contributed by atoms with Crippen LogP contribution in [0, 0.1) is 0 Å². The molecule has 0 radical (unpaired) electrons. The summed E-state index contributed by atoms with van der Waals surface area (Å²) in [5.41, 5.74) is 1.72. The van der Waals surface area contributed by atoms with Crippen LogP contribution in [0.2, 0.25) is 5.02 Å². The van der Waals surface area contributed by atoms with Crippen molar-refractivity contribution in [1.82, 2.24) is 0 Å². The topological polar surface area (TPSA) is 43.7 Å². The summed E-state index contributed by atoms with van der Waals surface area (Å²) < 4.78 is 0. The number of aliphatic hydroxyl groups is 2. The summed E-state index contributed by atoms with van der Waals surface area (Å²) in [6.07, 6.45) is 3.26. The molecule has 0 bridgehead atoms. The van der Waals surface area contributed by atoms with Crippen molar-refractivity contribution in [2.24, 2.45) is 0 Å². The summed E-state index contributed by atoms with van der Waals surface area (Å²) in [4.78, 5) is 2.17. The van der Waals surface area contributed by atoms with Gasteiger partial charge in [-0.15, -0.1) is 0 Å². The maximum atomic E-state index is 9.42. The van der Waals surface area contributed by atoms with Gasteiger partial charge < -0.3 is 15.1 Å². The maximum absolute atomic E-state index is 9.42. The summed E-state index contributed by atoms with van der Waals surface area (Å²) >= 11 is 6.09. The average Bonchev–Trinajstić information content (AvgIpc) is 2.38. The van der Waals surface area contributed by atoms with Gasteiger partial charge in [-0.05, 0) is 31.4 Å². The normalized spacial score (nSPS) is 20.6. The molecule has 0 aliphatic carbocycles. The molecule has 1 unspecified atom stereocenters. The fraction of sp³-hybridized carbons (Fsp3) is 0.538. The largest absolute Gasteiger partial charge is 0.394 e. The summed E-state index contributed by atoms with van der Waals surface area (Å²) in [6, 6.07) is 5.78. The molecule has 1 aromatic carbocycles. The smallest absolute Gasteiger partial charge is 0.0716 e. The first-order valence-electron chi connectivity index (χ1n) is 6.03. The highest BCUT2D eigenvalue weighted by molar-refractivity contribution is 6.31. The third-order valence-corrected chi connectivity index (χ3v) is 3.75. The molecule has 2 N–H and O–H groups in total. The summed E-state index contributed by atoms with van der Waals surface area (Å²) in [5, 5.41) is 19.4. The Morgan fingerprint density at radius 1 is 1.29 bits per heavy atom. The molecule has 1 heterocycles. The number of hydrogen-bond donors (Lipinski definition) is 2. The molecule has 0 spiro atoms. The Morgan fingerprint density at radius 2 is 2.12 bits per heavy atom. The first kappa shape index (κ1) is 12.7. The molecule has 1 aromatic rings. The van der Waals surface area contributed by atoms with Crippen molar-refractivity contribution in [2.45, 2.75) is 31.9 Å². The molecule has 0 aromatic heterocycles. The van der Waals surface area contributed by atoms with Gasteiger partial charge in [-0.3, -0.25) is 0 Å². The first-order valence-corrected chi connectivity index (χ1v) is 6.41. The van der Waals surface area contributed by atoms with Gasteiger partial charge >= 0.3 is 0 Å². The first-order chi connectivity index (χ1) is 8.27. The second-order valence-electron chi connectivity index (χ2n) is 4.42. The van der Waals surface area contributed by atoms with Crippen molar-refractivity contribution < 1.29 is 10.2 Å². The van der Waals surface area contributed by atoms with Crippen LogP contribution in [-0.4, -0.2) is 29.4 Å². The van der Waals surface area contributed by atoms with Crippen LogP contribution in [0.15, 0.2) is 18.2 Å². The van der Waals surface area contributed by atoms with Crippen molar-refractivity contribution in [1.29, 1.82) is 0 Å². The molecule has 1 fully saturated rings. The molecule has 17 heavy (non-hydrogen) atoms. The van der Waals surface area contributed by atoms with Crippen LogP contribution < -0.4 is 4.90 Å². The number of halogens is 1. The van der Waals surface area contributed by atoms with Crippen LogP contribution >= 0.6 is 11.6 Å². The van der Waals surface area contributed by atoms with Crippen LogP contribution in [0.4, 0.5) is 5.69 Å². The van der Waals surface area contributed by atoms with E-state index in [1.807, 2.05) is 12.1 Å². The lowest BCUT2D eigenvalue weighted by Gasteiger charge is -2.37. The molecule has 1 aliphatic heterocycles. The van der Waals surface area contributed by atoms with Gasteiger partial charge in [0.1, 0.15) is 0 Å². The SMILES string of the molecule is OCc1c(Cl)cccc1N1CCCCC1CO. The third-order valence-electron chi connectivity index (χ3n) is 3.40. The molecule has 0 saturated carbocycles. The minimum Gasteiger partial charge on any atom is -0.394 e. The standard InChI is InChI=1S/C13H18ClNO2/c14-12-5-3-6-13(11(12)9-17)15-7-2-1-4-10(15)8-16/h3,5-6,10,16-17H,1-2,4,7-9H2. The fourth-order valence-electron chi connectivity index (χ4n) is 2.48. The summed E-state index contributed by atoms with van der Waals surface area (Å²) in [6.45, 7) is 1.000. The van der Waals surface area contributed by atoms with Crippen LogP contribution in [-0.2, 0) is 6.61 Å². The predicted octanol–water partition coefficient (Wildman–Crippen LogP) is 2.18. The monoisotopic (exact) mass is 255 g/mol. The lowest BCUT2D eigenvalue weighted by molar-refractivity contribution is 0.238. The van der Waals surface area contributed by atoms with Gasteiger partial charge in [-0.2, -0.15) is 0 Å². The van der Waals surface area contributed by atoms with Crippen LogP contribution in [0.1, 0.15) is 24.8 Å². The van der Waals surface area contributed by atoms with Crippen molar-refractivity contribution in [3.8, 4) is 0 Å². The van der Waals surface area contributed by atoms with E-state index in [4.69, 9.17) is 11.6 Å². The number of piperidine rings is 1. The molecular weight excluding hydrogens is 238 g/mol. The van der Waals surface area contributed by atoms with Crippen molar-refractivity contribution in [3.63, 3.8) is 0 Å². The van der Waals surface area contributed by atoms with Gasteiger partial charge in [0.25, 0.3) is 0 Å². The lowest BCUT2D eigenvalue weighted by Crippen LogP contribution is -2.42. The van der Waals surface area contributed by atoms with Gasteiger partial charge in [0.15, 0.2) is 0 Å². The van der Waals surface area contributed by atoms with Gasteiger partial charge in [0.05, 0.1) is 19.3 Å². The molecule has 0 amide bonds. The van der Waals surface area contributed by atoms with Crippen molar-refractivity contribution in [3.05, 3.63) is 28.8 Å². The molecule has 1 saturated heterocycles. The van der Waals surface area contributed by atoms with E-state index in [2.05, 4.69) is 4.90 Å². The lowest BCUT2D eigenvalue weighted by atomic mass is 10.0. The van der Waals surface area contributed by atoms with Crippen molar-refractivity contribution >= 4 is 17.3 Å². The average molecular weight is 256 g/mol. The molecule has 4 heteroatoms.